The lowest BCUT2D eigenvalue weighted by molar-refractivity contribution is 0.0973. The summed E-state index contributed by atoms with van der Waals surface area (Å²) in [6.45, 7) is 1.41. The average molecular weight is 338 g/mol. The molecule has 0 radical (unpaired) electrons. The van der Waals surface area contributed by atoms with Crippen molar-refractivity contribution in [3.05, 3.63) is 56.2 Å². The van der Waals surface area contributed by atoms with Crippen LogP contribution in [0.1, 0.15) is 17.3 Å². The molecular formula is C15H16F2N4O3. The predicted molar refractivity (Wildman–Crippen MR) is 85.1 cm³/mol. The molecule has 3 N–H and O–H groups in total. The van der Waals surface area contributed by atoms with Crippen molar-refractivity contribution >= 4 is 17.3 Å². The number of nitrogens with two attached hydrogens (primary N) is 1. The summed E-state index contributed by atoms with van der Waals surface area (Å²) in [6, 6.07) is 1.71. The van der Waals surface area contributed by atoms with E-state index in [0.717, 1.165) is 21.3 Å². The Morgan fingerprint density at radius 1 is 1.12 bits per heavy atom. The zero-order chi connectivity index (χ0) is 18.2. The number of ketones is 1. The normalized spacial score (nSPS) is 12.0. The van der Waals surface area contributed by atoms with Crippen molar-refractivity contribution in [1.82, 2.24) is 9.13 Å². The third-order valence-electron chi connectivity index (χ3n) is 3.60. The molecule has 0 aliphatic rings. The maximum atomic E-state index is 13.2. The van der Waals surface area contributed by atoms with E-state index in [1.807, 2.05) is 0 Å². The Labute approximate surface area is 135 Å². The van der Waals surface area contributed by atoms with Crippen molar-refractivity contribution in [2.75, 3.05) is 11.1 Å². The molecule has 0 saturated carbocycles. The Kier molecular flexibility index (Phi) is 4.54. The van der Waals surface area contributed by atoms with Gasteiger partial charge in [0.2, 0.25) is 0 Å². The number of nitrogen functional groups attached to an aromatic ring is 1. The number of nitrogens with one attached hydrogen (secondary N) is 1. The van der Waals surface area contributed by atoms with Crippen LogP contribution in [-0.2, 0) is 14.1 Å². The molecule has 0 aliphatic carbocycles. The highest BCUT2D eigenvalue weighted by Gasteiger charge is 2.24. The van der Waals surface area contributed by atoms with Crippen LogP contribution in [0.5, 0.6) is 0 Å². The third-order valence-corrected chi connectivity index (χ3v) is 3.60. The van der Waals surface area contributed by atoms with Crippen molar-refractivity contribution in [3.8, 4) is 0 Å². The van der Waals surface area contributed by atoms with Gasteiger partial charge in [-0.25, -0.2) is 13.6 Å². The fraction of sp³-hybridized carbons (Fsp3) is 0.267. The second-order valence-corrected chi connectivity index (χ2v) is 5.35. The molecule has 2 aromatic rings. The van der Waals surface area contributed by atoms with Crippen molar-refractivity contribution in [3.63, 3.8) is 0 Å². The number of halogens is 2. The molecule has 0 aliphatic heterocycles. The van der Waals surface area contributed by atoms with Gasteiger partial charge in [-0.3, -0.25) is 18.7 Å². The SMILES string of the molecule is CC(Nc1cc(F)cc(F)c1)C(=O)c1c(N)n(C)c(=O)n(C)c1=O. The summed E-state index contributed by atoms with van der Waals surface area (Å²) in [4.78, 5) is 36.4. The van der Waals surface area contributed by atoms with E-state index in [-0.39, 0.29) is 17.1 Å². The number of benzene rings is 1. The zero-order valence-corrected chi connectivity index (χ0v) is 13.3. The summed E-state index contributed by atoms with van der Waals surface area (Å²) in [5.41, 5.74) is 3.89. The lowest BCUT2D eigenvalue weighted by atomic mass is 10.1. The smallest absolute Gasteiger partial charge is 0.332 e. The number of carbonyl (C=O) groups excluding carboxylic acids is 1. The van der Waals surface area contributed by atoms with Crippen LogP contribution in [0.3, 0.4) is 0 Å². The van der Waals surface area contributed by atoms with Gasteiger partial charge in [-0.15, -0.1) is 0 Å². The van der Waals surface area contributed by atoms with Gasteiger partial charge < -0.3 is 11.1 Å². The minimum absolute atomic E-state index is 0.0357. The molecule has 0 saturated heterocycles. The van der Waals surface area contributed by atoms with Crippen LogP contribution in [0, 0.1) is 11.6 Å². The van der Waals surface area contributed by atoms with E-state index in [1.54, 1.807) is 0 Å². The number of hydrogen-bond donors (Lipinski definition) is 2. The molecule has 0 spiro atoms. The van der Waals surface area contributed by atoms with Gasteiger partial charge in [0.1, 0.15) is 23.0 Å². The van der Waals surface area contributed by atoms with Crippen LogP contribution in [0.25, 0.3) is 0 Å². The first-order valence-electron chi connectivity index (χ1n) is 6.95. The van der Waals surface area contributed by atoms with E-state index in [9.17, 15) is 23.2 Å². The highest BCUT2D eigenvalue weighted by molar-refractivity contribution is 6.04. The van der Waals surface area contributed by atoms with Crippen LogP contribution in [0.2, 0.25) is 0 Å². The van der Waals surface area contributed by atoms with E-state index >= 15 is 0 Å². The van der Waals surface area contributed by atoms with Gasteiger partial charge >= 0.3 is 5.69 Å². The fourth-order valence-corrected chi connectivity index (χ4v) is 2.26. The number of nitrogens with zero attached hydrogens (tertiary/aromatic N) is 2. The lowest BCUT2D eigenvalue weighted by Crippen LogP contribution is -2.43. The minimum Gasteiger partial charge on any atom is -0.384 e. The zero-order valence-electron chi connectivity index (χ0n) is 13.3. The standard InChI is InChI=1S/C15H16F2N4O3/c1-7(19-10-5-8(16)4-9(17)6-10)12(22)11-13(18)20(2)15(24)21(3)14(11)23/h4-7,19H,18H2,1-3H3. The van der Waals surface area contributed by atoms with Gasteiger partial charge in [0.25, 0.3) is 5.56 Å². The van der Waals surface area contributed by atoms with Crippen molar-refractivity contribution in [2.45, 2.75) is 13.0 Å². The van der Waals surface area contributed by atoms with Gasteiger partial charge in [-0.1, -0.05) is 0 Å². The van der Waals surface area contributed by atoms with Crippen LogP contribution in [-0.4, -0.2) is 21.0 Å². The maximum absolute atomic E-state index is 13.2. The first-order chi connectivity index (χ1) is 11.1. The number of aromatic nitrogens is 2. The molecule has 0 bridgehead atoms. The molecule has 1 unspecified atom stereocenters. The topological polar surface area (TPSA) is 99.1 Å². The molecular weight excluding hydrogens is 322 g/mol. The fourth-order valence-electron chi connectivity index (χ4n) is 2.26. The second kappa shape index (κ2) is 6.26. The molecule has 0 amide bonds. The summed E-state index contributed by atoms with van der Waals surface area (Å²) in [5, 5.41) is 2.61. The second-order valence-electron chi connectivity index (χ2n) is 5.35. The molecule has 1 aromatic carbocycles. The Bertz CT molecular complexity index is 913. The number of Topliss-reactive ketones (excluding diaryl/α,β-unsaturated/α-hetero) is 1. The molecule has 9 heteroatoms. The summed E-state index contributed by atoms with van der Waals surface area (Å²) in [5.74, 6) is -2.59. The van der Waals surface area contributed by atoms with Crippen LogP contribution >= 0.6 is 0 Å². The van der Waals surface area contributed by atoms with E-state index < -0.39 is 34.7 Å². The van der Waals surface area contributed by atoms with E-state index in [0.29, 0.717) is 6.07 Å². The van der Waals surface area contributed by atoms with Gasteiger partial charge in [0, 0.05) is 25.8 Å². The summed E-state index contributed by atoms with van der Waals surface area (Å²) >= 11 is 0. The van der Waals surface area contributed by atoms with Crippen molar-refractivity contribution in [2.24, 2.45) is 14.1 Å². The lowest BCUT2D eigenvalue weighted by Gasteiger charge is -2.17. The van der Waals surface area contributed by atoms with Crippen LogP contribution < -0.4 is 22.3 Å². The molecule has 1 aromatic heterocycles. The highest BCUT2D eigenvalue weighted by Crippen LogP contribution is 2.16. The number of carbonyl (C=O) groups is 1. The molecule has 0 fully saturated rings. The molecule has 128 valence electrons. The minimum atomic E-state index is -1.00. The van der Waals surface area contributed by atoms with Gasteiger partial charge in [-0.05, 0) is 19.1 Å². The quantitative estimate of drug-likeness (QED) is 0.797. The Morgan fingerprint density at radius 2 is 1.67 bits per heavy atom. The van der Waals surface area contributed by atoms with Crippen molar-refractivity contribution in [1.29, 1.82) is 0 Å². The third kappa shape index (κ3) is 3.05. The summed E-state index contributed by atoms with van der Waals surface area (Å²) in [6.07, 6.45) is 0. The van der Waals surface area contributed by atoms with Gasteiger partial charge in [-0.2, -0.15) is 0 Å². The largest absolute Gasteiger partial charge is 0.384 e. The Morgan fingerprint density at radius 3 is 2.21 bits per heavy atom. The first kappa shape index (κ1) is 17.4. The van der Waals surface area contributed by atoms with Crippen LogP contribution in [0.4, 0.5) is 20.3 Å². The van der Waals surface area contributed by atoms with Crippen LogP contribution in [0.15, 0.2) is 27.8 Å². The summed E-state index contributed by atoms with van der Waals surface area (Å²) in [7, 11) is 2.55. The molecule has 2 rings (SSSR count). The average Bonchev–Trinajstić information content (AvgIpc) is 2.50. The number of hydrogen-bond acceptors (Lipinski definition) is 5. The monoisotopic (exact) mass is 338 g/mol. The van der Waals surface area contributed by atoms with Gasteiger partial charge in [0.15, 0.2) is 5.78 Å². The van der Waals surface area contributed by atoms with E-state index in [2.05, 4.69) is 5.32 Å². The number of anilines is 2. The Balaban J connectivity index is 2.42. The van der Waals surface area contributed by atoms with E-state index in [4.69, 9.17) is 5.73 Å². The molecule has 7 nitrogen and oxygen atoms in total. The van der Waals surface area contributed by atoms with Crippen molar-refractivity contribution < 1.29 is 13.6 Å². The highest BCUT2D eigenvalue weighted by atomic mass is 19.1. The Hall–Kier alpha value is -2.97. The molecule has 24 heavy (non-hydrogen) atoms. The number of rotatable bonds is 4. The predicted octanol–water partition coefficient (Wildman–Crippen LogP) is 0.628. The first-order valence-corrected chi connectivity index (χ1v) is 6.95. The van der Waals surface area contributed by atoms with E-state index in [1.165, 1.54) is 21.0 Å². The van der Waals surface area contributed by atoms with Gasteiger partial charge in [0.05, 0.1) is 6.04 Å². The molecule has 1 heterocycles. The summed E-state index contributed by atoms with van der Waals surface area (Å²) < 4.78 is 28.1. The maximum Gasteiger partial charge on any atom is 0.332 e. The molecule has 1 atom stereocenters.